The molecule has 1 aromatic rings. The zero-order chi connectivity index (χ0) is 13.9. The second kappa shape index (κ2) is 6.06. The molecule has 0 aliphatic carbocycles. The second-order valence-electron chi connectivity index (χ2n) is 4.07. The number of methoxy groups -OCH3 is 1. The molecule has 0 aromatic heterocycles. The molecule has 0 bridgehead atoms. The number of benzene rings is 1. The number of ether oxygens (including phenoxy) is 2. The lowest BCUT2D eigenvalue weighted by Gasteiger charge is -2.18. The van der Waals surface area contributed by atoms with Gasteiger partial charge in [-0.1, -0.05) is 0 Å². The molecule has 1 atom stereocenters. The minimum Gasteiger partial charge on any atom is -0.544 e. The Bertz CT molecular complexity index is 448. The molecule has 1 rings (SSSR count). The van der Waals surface area contributed by atoms with Gasteiger partial charge in [0.15, 0.2) is 17.5 Å². The normalized spacial score (nSPS) is 12.3. The summed E-state index contributed by atoms with van der Waals surface area (Å²) in [4.78, 5) is 10.8. The lowest BCUT2D eigenvalue weighted by atomic mass is 10.1. The van der Waals surface area contributed by atoms with Crippen molar-refractivity contribution in [3.8, 4) is 11.5 Å². The van der Waals surface area contributed by atoms with E-state index in [0.29, 0.717) is 21.5 Å². The number of aliphatic carboxylic acids is 1. The van der Waals surface area contributed by atoms with E-state index in [1.807, 2.05) is 13.8 Å². The van der Waals surface area contributed by atoms with E-state index >= 15 is 0 Å². The third-order valence-corrected chi connectivity index (χ3v) is 2.88. The first-order valence-corrected chi connectivity index (χ1v) is 6.24. The highest BCUT2D eigenvalue weighted by Crippen LogP contribution is 2.38. The van der Waals surface area contributed by atoms with Gasteiger partial charge in [0.2, 0.25) is 0 Å². The third-order valence-electron chi connectivity index (χ3n) is 2.29. The van der Waals surface area contributed by atoms with E-state index in [0.717, 1.165) is 0 Å². The molecule has 5 nitrogen and oxygen atoms in total. The Kier molecular flexibility index (Phi) is 4.98. The average Bonchev–Trinajstić information content (AvgIpc) is 2.29. The van der Waals surface area contributed by atoms with Crippen molar-refractivity contribution < 1.29 is 25.1 Å². The fraction of sp³-hybridized carbons (Fsp3) is 0.417. The molecule has 18 heavy (non-hydrogen) atoms. The molecule has 3 N–H and O–H groups in total. The lowest BCUT2D eigenvalue weighted by Crippen LogP contribution is -2.61. The van der Waals surface area contributed by atoms with Gasteiger partial charge < -0.3 is 25.1 Å². The number of carboxylic acids is 1. The number of carbonyl (C=O) groups is 1. The van der Waals surface area contributed by atoms with Gasteiger partial charge in [-0.15, -0.1) is 0 Å². The van der Waals surface area contributed by atoms with Crippen LogP contribution < -0.4 is 20.3 Å². The largest absolute Gasteiger partial charge is 0.544 e. The number of hydrogen-bond acceptors (Lipinski definition) is 4. The molecule has 0 saturated carbocycles. The Balaban J connectivity index is 3.22. The van der Waals surface area contributed by atoms with Crippen molar-refractivity contribution in [3.05, 3.63) is 22.2 Å². The molecule has 0 saturated heterocycles. The predicted octanol–water partition coefficient (Wildman–Crippen LogP) is 0.278. The van der Waals surface area contributed by atoms with Crippen molar-refractivity contribution in [2.75, 3.05) is 7.11 Å². The van der Waals surface area contributed by atoms with Crippen molar-refractivity contribution in [3.63, 3.8) is 0 Å². The number of rotatable bonds is 5. The van der Waals surface area contributed by atoms with Gasteiger partial charge in [-0.3, -0.25) is 0 Å². The van der Waals surface area contributed by atoms with Crippen LogP contribution in [0, 0.1) is 0 Å². The topological polar surface area (TPSA) is 86.2 Å². The highest BCUT2D eigenvalue weighted by Gasteiger charge is 2.18. The second-order valence-corrected chi connectivity index (χ2v) is 4.93. The summed E-state index contributed by atoms with van der Waals surface area (Å²) in [6.45, 7) is 3.79. The van der Waals surface area contributed by atoms with E-state index in [1.54, 1.807) is 12.1 Å². The van der Waals surface area contributed by atoms with E-state index in [-0.39, 0.29) is 6.10 Å². The van der Waals surface area contributed by atoms with Crippen LogP contribution in [-0.2, 0) is 4.79 Å². The van der Waals surface area contributed by atoms with Crippen LogP contribution in [0.2, 0.25) is 0 Å². The molecule has 6 heteroatoms. The fourth-order valence-electron chi connectivity index (χ4n) is 1.43. The van der Waals surface area contributed by atoms with Gasteiger partial charge in [-0.05, 0) is 41.9 Å². The Morgan fingerprint density at radius 1 is 1.44 bits per heavy atom. The fourth-order valence-corrected chi connectivity index (χ4v) is 1.98. The van der Waals surface area contributed by atoms with E-state index in [2.05, 4.69) is 21.7 Å². The molecule has 0 radical (unpaired) electrons. The van der Waals surface area contributed by atoms with Gasteiger partial charge in [-0.25, -0.2) is 0 Å². The van der Waals surface area contributed by atoms with Crippen LogP contribution in [0.5, 0.6) is 11.5 Å². The summed E-state index contributed by atoms with van der Waals surface area (Å²) in [7, 11) is 1.50. The van der Waals surface area contributed by atoms with Crippen molar-refractivity contribution >= 4 is 21.9 Å². The van der Waals surface area contributed by atoms with Gasteiger partial charge in [0, 0.05) is 5.56 Å². The SMILES string of the molecule is COc1cc([C@H]([NH3+])C(=O)[O-])cc(Br)c1OC(C)C. The molecule has 1 aromatic carbocycles. The molecule has 0 fully saturated rings. The number of carboxylic acid groups (broad SMARTS) is 1. The number of carbonyl (C=O) groups excluding carboxylic acids is 1. The van der Waals surface area contributed by atoms with Crippen LogP contribution in [0.15, 0.2) is 16.6 Å². The summed E-state index contributed by atoms with van der Waals surface area (Å²) in [6.07, 6.45) is -0.0160. The smallest absolute Gasteiger partial charge is 0.175 e. The summed E-state index contributed by atoms with van der Waals surface area (Å²) in [5.41, 5.74) is 4.03. The summed E-state index contributed by atoms with van der Waals surface area (Å²) in [5, 5.41) is 10.8. The highest BCUT2D eigenvalue weighted by atomic mass is 79.9. The van der Waals surface area contributed by atoms with Gasteiger partial charge in [0.25, 0.3) is 0 Å². The quantitative estimate of drug-likeness (QED) is 0.845. The van der Waals surface area contributed by atoms with Gasteiger partial charge in [-0.2, -0.15) is 0 Å². The maximum absolute atomic E-state index is 10.8. The molecule has 0 spiro atoms. The molecular formula is C12H16BrNO4. The predicted molar refractivity (Wildman–Crippen MR) is 67.1 cm³/mol. The minimum atomic E-state index is -1.23. The summed E-state index contributed by atoms with van der Waals surface area (Å²) in [5.74, 6) is -0.230. The van der Waals surface area contributed by atoms with Crippen LogP contribution in [0.25, 0.3) is 0 Å². The highest BCUT2D eigenvalue weighted by molar-refractivity contribution is 9.10. The number of quaternary nitrogens is 1. The Hall–Kier alpha value is -1.27. The van der Waals surface area contributed by atoms with Crippen molar-refractivity contribution in [1.82, 2.24) is 0 Å². The van der Waals surface area contributed by atoms with Gasteiger partial charge in [0.05, 0.1) is 17.7 Å². The monoisotopic (exact) mass is 317 g/mol. The average molecular weight is 318 g/mol. The summed E-state index contributed by atoms with van der Waals surface area (Å²) in [6, 6.07) is 2.28. The molecule has 0 heterocycles. The van der Waals surface area contributed by atoms with E-state index < -0.39 is 12.0 Å². The summed E-state index contributed by atoms with van der Waals surface area (Å²) < 4.78 is 11.4. The van der Waals surface area contributed by atoms with Crippen LogP contribution in [0.3, 0.4) is 0 Å². The molecule has 0 unspecified atom stereocenters. The van der Waals surface area contributed by atoms with Crippen LogP contribution in [-0.4, -0.2) is 19.2 Å². The molecule has 0 aliphatic heterocycles. The summed E-state index contributed by atoms with van der Waals surface area (Å²) >= 11 is 3.34. The molecule has 0 aliphatic rings. The first-order valence-electron chi connectivity index (χ1n) is 5.44. The molecular weight excluding hydrogens is 302 g/mol. The zero-order valence-electron chi connectivity index (χ0n) is 10.5. The zero-order valence-corrected chi connectivity index (χ0v) is 12.1. The maximum Gasteiger partial charge on any atom is 0.175 e. The standard InChI is InChI=1S/C12H16BrNO4/c1-6(2)18-11-8(13)4-7(5-9(11)17-3)10(14)12(15)16/h4-6,10H,14H2,1-3H3,(H,15,16)/t10-/m0/s1. The molecule has 100 valence electrons. The van der Waals surface area contributed by atoms with Crippen LogP contribution >= 0.6 is 15.9 Å². The van der Waals surface area contributed by atoms with Crippen molar-refractivity contribution in [1.29, 1.82) is 0 Å². The first-order chi connectivity index (χ1) is 8.36. The first kappa shape index (κ1) is 14.8. The van der Waals surface area contributed by atoms with Crippen molar-refractivity contribution in [2.45, 2.75) is 26.0 Å². The molecule has 0 amide bonds. The van der Waals surface area contributed by atoms with E-state index in [4.69, 9.17) is 9.47 Å². The van der Waals surface area contributed by atoms with Gasteiger partial charge >= 0.3 is 0 Å². The van der Waals surface area contributed by atoms with Crippen LogP contribution in [0.4, 0.5) is 0 Å². The Morgan fingerprint density at radius 2 is 2.06 bits per heavy atom. The van der Waals surface area contributed by atoms with Crippen LogP contribution in [0.1, 0.15) is 25.5 Å². The maximum atomic E-state index is 10.8. The lowest BCUT2D eigenvalue weighted by molar-refractivity contribution is -0.443. The number of hydrogen-bond donors (Lipinski definition) is 1. The van der Waals surface area contributed by atoms with Crippen molar-refractivity contribution in [2.24, 2.45) is 0 Å². The third kappa shape index (κ3) is 3.36. The van der Waals surface area contributed by atoms with E-state index in [1.165, 1.54) is 7.11 Å². The van der Waals surface area contributed by atoms with Gasteiger partial charge in [0.1, 0.15) is 5.97 Å². The minimum absolute atomic E-state index is 0.0160. The Labute approximate surface area is 114 Å². The van der Waals surface area contributed by atoms with E-state index in [9.17, 15) is 9.90 Å². The number of halogens is 1. The Morgan fingerprint density at radius 3 is 2.50 bits per heavy atom.